The number of ether oxygens (including phenoxy) is 2. The lowest BCUT2D eigenvalue weighted by Gasteiger charge is -2.17. The summed E-state index contributed by atoms with van der Waals surface area (Å²) in [5, 5.41) is 10.1. The van der Waals surface area contributed by atoms with Gasteiger partial charge in [0.25, 0.3) is 0 Å². The number of aliphatic imine (C=N–C) groups is 1. The molecule has 2 aliphatic heterocycles. The number of aliphatic hydroxyl groups excluding tert-OH is 1. The number of hydrogen-bond donors (Lipinski definition) is 1. The molecule has 0 amide bonds. The molecule has 8 heteroatoms. The number of β-amino-alcohol motifs (C(OH)–C–C–N with tert-alkyl or cyclic N) is 1. The van der Waals surface area contributed by atoms with E-state index in [1.165, 1.54) is 12.4 Å². The van der Waals surface area contributed by atoms with E-state index in [9.17, 15) is 9.50 Å². The van der Waals surface area contributed by atoms with Crippen LogP contribution in [0.5, 0.6) is 5.75 Å². The zero-order valence-electron chi connectivity index (χ0n) is 16.1. The number of methoxy groups -OCH3 is 1. The molecular weight excluding hydrogens is 363 g/mol. The fourth-order valence-electron chi connectivity index (χ4n) is 3.58. The number of hydrogen-bond acceptors (Lipinski definition) is 7. The molecule has 3 heterocycles. The van der Waals surface area contributed by atoms with Gasteiger partial charge < -0.3 is 19.5 Å². The van der Waals surface area contributed by atoms with Gasteiger partial charge in [0.05, 0.1) is 30.2 Å². The molecule has 1 N–H and O–H groups in total. The monoisotopic (exact) mass is 386 g/mol. The van der Waals surface area contributed by atoms with Crippen molar-refractivity contribution in [2.24, 2.45) is 4.99 Å². The van der Waals surface area contributed by atoms with Crippen molar-refractivity contribution in [1.29, 1.82) is 0 Å². The van der Waals surface area contributed by atoms with Gasteiger partial charge in [-0.15, -0.1) is 0 Å². The maximum atomic E-state index is 14.3. The minimum atomic E-state index is -0.563. The van der Waals surface area contributed by atoms with Crippen molar-refractivity contribution in [2.45, 2.75) is 38.7 Å². The van der Waals surface area contributed by atoms with E-state index in [0.717, 1.165) is 11.1 Å². The maximum absolute atomic E-state index is 14.3. The first-order valence-electron chi connectivity index (χ1n) is 9.28. The van der Waals surface area contributed by atoms with E-state index in [-0.39, 0.29) is 23.8 Å². The Hall–Kier alpha value is -2.58. The second kappa shape index (κ2) is 7.44. The number of rotatable bonds is 5. The highest BCUT2D eigenvalue weighted by Crippen LogP contribution is 2.30. The van der Waals surface area contributed by atoms with E-state index < -0.39 is 6.10 Å². The van der Waals surface area contributed by atoms with Gasteiger partial charge in [-0.3, -0.25) is 4.99 Å². The minimum absolute atomic E-state index is 0.129. The van der Waals surface area contributed by atoms with E-state index >= 15 is 0 Å². The summed E-state index contributed by atoms with van der Waals surface area (Å²) < 4.78 is 25.1. The van der Waals surface area contributed by atoms with E-state index in [1.807, 2.05) is 24.8 Å². The highest BCUT2D eigenvalue weighted by molar-refractivity contribution is 6.14. The van der Waals surface area contributed by atoms with Crippen molar-refractivity contribution in [1.82, 2.24) is 9.97 Å². The predicted molar refractivity (Wildman–Crippen MR) is 103 cm³/mol. The first kappa shape index (κ1) is 18.8. The van der Waals surface area contributed by atoms with Gasteiger partial charge in [0.2, 0.25) is 0 Å². The molecule has 28 heavy (non-hydrogen) atoms. The summed E-state index contributed by atoms with van der Waals surface area (Å²) in [4.78, 5) is 15.2. The van der Waals surface area contributed by atoms with Crippen LogP contribution in [0.2, 0.25) is 0 Å². The van der Waals surface area contributed by atoms with Crippen LogP contribution in [-0.4, -0.2) is 59.3 Å². The zero-order chi connectivity index (χ0) is 19.8. The van der Waals surface area contributed by atoms with Crippen molar-refractivity contribution in [3.63, 3.8) is 0 Å². The largest absolute Gasteiger partial charge is 0.488 e. The summed E-state index contributed by atoms with van der Waals surface area (Å²) >= 11 is 0. The van der Waals surface area contributed by atoms with Crippen molar-refractivity contribution in [3.8, 4) is 5.75 Å². The molecule has 1 aromatic heterocycles. The topological polar surface area (TPSA) is 80.1 Å². The molecule has 0 radical (unpaired) electrons. The van der Waals surface area contributed by atoms with Gasteiger partial charge in [0.15, 0.2) is 11.6 Å². The number of fused-ring (bicyclic) bond motifs is 1. The highest BCUT2D eigenvalue weighted by Gasteiger charge is 2.32. The van der Waals surface area contributed by atoms with Crippen LogP contribution in [0.1, 0.15) is 30.7 Å². The Labute approximate surface area is 162 Å². The van der Waals surface area contributed by atoms with Crippen LogP contribution in [-0.2, 0) is 11.3 Å². The average Bonchev–Trinajstić information content (AvgIpc) is 3.24. The van der Waals surface area contributed by atoms with Crippen LogP contribution >= 0.6 is 0 Å². The molecule has 2 atom stereocenters. The lowest BCUT2D eigenvalue weighted by atomic mass is 10.0. The molecule has 0 saturated carbocycles. The lowest BCUT2D eigenvalue weighted by molar-refractivity contribution is 0.0217. The normalized spacial score (nSPS) is 21.2. The Kier molecular flexibility index (Phi) is 4.99. The molecular formula is C20H23FN4O3. The summed E-state index contributed by atoms with van der Waals surface area (Å²) in [5.41, 5.74) is 2.97. The standard InChI is InChI=1S/C20H23FN4O3/c1-11(2)28-17-5-13-12(4-14(17)21)7-22-20(13)15-6-19(24-10-23-15)25-8-16(26)18(9-25)27-3/h4-6,10-11,16,18,26H,7-9H2,1-3H3/t16-,18-/m0/s1. The van der Waals surface area contributed by atoms with E-state index in [2.05, 4.69) is 15.0 Å². The van der Waals surface area contributed by atoms with Crippen LogP contribution in [0, 0.1) is 5.82 Å². The van der Waals surface area contributed by atoms with Gasteiger partial charge in [-0.1, -0.05) is 0 Å². The Balaban J connectivity index is 1.64. The molecule has 1 fully saturated rings. The number of aromatic nitrogens is 2. The number of nitrogens with zero attached hydrogens (tertiary/aromatic N) is 4. The maximum Gasteiger partial charge on any atom is 0.165 e. The van der Waals surface area contributed by atoms with Crippen molar-refractivity contribution < 1.29 is 19.0 Å². The second-order valence-electron chi connectivity index (χ2n) is 7.28. The van der Waals surface area contributed by atoms with Gasteiger partial charge in [0.1, 0.15) is 18.2 Å². The Morgan fingerprint density at radius 1 is 1.21 bits per heavy atom. The third kappa shape index (κ3) is 3.45. The van der Waals surface area contributed by atoms with Gasteiger partial charge in [-0.05, 0) is 31.5 Å². The second-order valence-corrected chi connectivity index (χ2v) is 7.28. The molecule has 0 unspecified atom stereocenters. The van der Waals surface area contributed by atoms with Crippen LogP contribution in [0.4, 0.5) is 10.2 Å². The Morgan fingerprint density at radius 2 is 2.04 bits per heavy atom. The third-order valence-corrected chi connectivity index (χ3v) is 4.94. The van der Waals surface area contributed by atoms with Crippen LogP contribution in [0.3, 0.4) is 0 Å². The molecule has 1 aromatic carbocycles. The highest BCUT2D eigenvalue weighted by atomic mass is 19.1. The molecule has 4 rings (SSSR count). The van der Waals surface area contributed by atoms with Crippen molar-refractivity contribution in [3.05, 3.63) is 47.2 Å². The molecule has 2 aromatic rings. The minimum Gasteiger partial charge on any atom is -0.488 e. The summed E-state index contributed by atoms with van der Waals surface area (Å²) in [6.07, 6.45) is 0.538. The molecule has 148 valence electrons. The summed E-state index contributed by atoms with van der Waals surface area (Å²) in [6, 6.07) is 5.01. The van der Waals surface area contributed by atoms with Gasteiger partial charge >= 0.3 is 0 Å². The Morgan fingerprint density at radius 3 is 2.75 bits per heavy atom. The van der Waals surface area contributed by atoms with Crippen molar-refractivity contribution in [2.75, 3.05) is 25.1 Å². The van der Waals surface area contributed by atoms with E-state index in [1.54, 1.807) is 13.2 Å². The predicted octanol–water partition coefficient (Wildman–Crippen LogP) is 1.95. The first-order chi connectivity index (χ1) is 13.5. The van der Waals surface area contributed by atoms with Gasteiger partial charge in [-0.2, -0.15) is 0 Å². The zero-order valence-corrected chi connectivity index (χ0v) is 16.1. The summed E-state index contributed by atoms with van der Waals surface area (Å²) in [6.45, 7) is 5.10. The lowest BCUT2D eigenvalue weighted by Crippen LogP contribution is -2.25. The smallest absolute Gasteiger partial charge is 0.165 e. The number of halogens is 1. The number of anilines is 1. The quantitative estimate of drug-likeness (QED) is 0.846. The van der Waals surface area contributed by atoms with Gasteiger partial charge in [-0.25, -0.2) is 14.4 Å². The van der Waals surface area contributed by atoms with Crippen LogP contribution in [0.15, 0.2) is 29.5 Å². The molecule has 0 bridgehead atoms. The third-order valence-electron chi connectivity index (χ3n) is 4.94. The fraction of sp³-hybridized carbons (Fsp3) is 0.450. The summed E-state index contributed by atoms with van der Waals surface area (Å²) in [5.74, 6) is 0.521. The first-order valence-corrected chi connectivity index (χ1v) is 9.28. The van der Waals surface area contributed by atoms with Gasteiger partial charge in [0, 0.05) is 31.8 Å². The number of aliphatic hydroxyl groups is 1. The fourth-order valence-corrected chi connectivity index (χ4v) is 3.58. The number of benzene rings is 1. The molecule has 7 nitrogen and oxygen atoms in total. The van der Waals surface area contributed by atoms with Crippen molar-refractivity contribution >= 4 is 11.5 Å². The summed E-state index contributed by atoms with van der Waals surface area (Å²) in [7, 11) is 1.59. The molecule has 0 aliphatic carbocycles. The molecule has 0 spiro atoms. The molecule has 1 saturated heterocycles. The Bertz CT molecular complexity index is 918. The van der Waals surface area contributed by atoms with Crippen LogP contribution in [0.25, 0.3) is 0 Å². The average molecular weight is 386 g/mol. The van der Waals surface area contributed by atoms with E-state index in [4.69, 9.17) is 9.47 Å². The SMILES string of the molecule is CO[C@H]1CN(c2cc(C3=NCc4cc(F)c(OC(C)C)cc43)ncn2)C[C@@H]1O. The molecule has 2 aliphatic rings. The van der Waals surface area contributed by atoms with Crippen LogP contribution < -0.4 is 9.64 Å². The van der Waals surface area contributed by atoms with E-state index in [0.29, 0.717) is 36.9 Å².